The molecule has 0 radical (unpaired) electrons. The number of para-hydroxylation sites is 1. The lowest BCUT2D eigenvalue weighted by Crippen LogP contribution is -2.48. The van der Waals surface area contributed by atoms with E-state index in [1.165, 1.54) is 16.4 Å². The molecule has 1 aromatic heterocycles. The Morgan fingerprint density at radius 3 is 2.50 bits per heavy atom. The number of guanidine groups is 1. The molecule has 2 saturated heterocycles. The summed E-state index contributed by atoms with van der Waals surface area (Å²) in [5.41, 5.74) is 12.5. The number of nitrogens with one attached hydrogen (secondary N) is 1. The Hall–Kier alpha value is -3.07. The molecule has 3 heterocycles. The average Bonchev–Trinajstić information content (AvgIpc) is 3.57. The van der Waals surface area contributed by atoms with E-state index in [0.717, 1.165) is 23.9 Å². The summed E-state index contributed by atoms with van der Waals surface area (Å²) >= 11 is 13.2. The van der Waals surface area contributed by atoms with Gasteiger partial charge in [0.25, 0.3) is 0 Å². The fourth-order valence-electron chi connectivity index (χ4n) is 6.15. The Labute approximate surface area is 315 Å². The van der Waals surface area contributed by atoms with E-state index in [2.05, 4.69) is 15.3 Å². The molecule has 5 rings (SSSR count). The monoisotopic (exact) mass is 789 g/mol. The Kier molecular flexibility index (Phi) is 15.2. The van der Waals surface area contributed by atoms with Crippen molar-refractivity contribution >= 4 is 86.7 Å². The predicted octanol–water partition coefficient (Wildman–Crippen LogP) is 4.83. The van der Waals surface area contributed by atoms with Crippen LogP contribution in [0.25, 0.3) is 10.9 Å². The van der Waals surface area contributed by atoms with Crippen LogP contribution in [0, 0.1) is 12.8 Å². The van der Waals surface area contributed by atoms with Gasteiger partial charge in [0, 0.05) is 60.8 Å². The first-order chi connectivity index (χ1) is 23.0. The van der Waals surface area contributed by atoms with Crippen molar-refractivity contribution in [1.82, 2.24) is 19.5 Å². The number of ether oxygens (including phenoxy) is 1. The molecule has 2 aliphatic heterocycles. The van der Waals surface area contributed by atoms with Crippen LogP contribution in [-0.4, -0.2) is 79.1 Å². The number of likely N-dealkylation sites (tertiary alicyclic amines) is 1. The van der Waals surface area contributed by atoms with Crippen LogP contribution in [0.5, 0.6) is 5.75 Å². The molecule has 2 fully saturated rings. The zero-order valence-corrected chi connectivity index (χ0v) is 31.6. The van der Waals surface area contributed by atoms with E-state index in [4.69, 9.17) is 39.4 Å². The van der Waals surface area contributed by atoms with Gasteiger partial charge in [0.2, 0.25) is 21.8 Å². The highest BCUT2D eigenvalue weighted by atomic mass is 35.5. The van der Waals surface area contributed by atoms with E-state index in [1.807, 2.05) is 36.1 Å². The summed E-state index contributed by atoms with van der Waals surface area (Å²) in [7, 11) is -4.15. The SMILES string of the molecule is Cc1ccc2cccc(OCc3c(Cl)ccc(S(=O)(=O)N4CCC[C@H]4C(=O)NCC4CCN(C(=O)CCCN=C(N)N)CC4)c3Cl)c2n1.Cl.Cl. The second-order valence-electron chi connectivity index (χ2n) is 12.2. The van der Waals surface area contributed by atoms with Crippen LogP contribution in [0.1, 0.15) is 49.8 Å². The molecule has 0 bridgehead atoms. The van der Waals surface area contributed by atoms with Crippen molar-refractivity contribution in [1.29, 1.82) is 0 Å². The number of pyridine rings is 1. The number of hydrogen-bond acceptors (Lipinski definition) is 7. The number of piperidine rings is 1. The molecule has 0 aliphatic carbocycles. The third-order valence-corrected chi connectivity index (χ3v) is 11.7. The highest BCUT2D eigenvalue weighted by molar-refractivity contribution is 7.89. The number of rotatable bonds is 12. The van der Waals surface area contributed by atoms with Crippen molar-refractivity contribution in [2.75, 3.05) is 32.7 Å². The molecule has 0 unspecified atom stereocenters. The van der Waals surface area contributed by atoms with Crippen LogP contribution >= 0.6 is 48.0 Å². The molecule has 0 saturated carbocycles. The fourth-order valence-corrected chi connectivity index (χ4v) is 8.67. The molecular formula is C33H43Cl4N7O5S. The average molecular weight is 792 g/mol. The van der Waals surface area contributed by atoms with Gasteiger partial charge < -0.3 is 26.4 Å². The maximum Gasteiger partial charge on any atom is 0.245 e. The van der Waals surface area contributed by atoms with Crippen LogP contribution in [0.3, 0.4) is 0 Å². The number of aromatic nitrogens is 1. The quantitative estimate of drug-likeness (QED) is 0.133. The first kappa shape index (κ1) is 41.4. The number of carbonyl (C=O) groups is 2. The van der Waals surface area contributed by atoms with Gasteiger partial charge >= 0.3 is 0 Å². The molecule has 274 valence electrons. The first-order valence-corrected chi connectivity index (χ1v) is 18.2. The molecule has 2 aromatic carbocycles. The van der Waals surface area contributed by atoms with E-state index < -0.39 is 16.1 Å². The number of nitrogens with zero attached hydrogens (tertiary/aromatic N) is 4. The highest BCUT2D eigenvalue weighted by Crippen LogP contribution is 2.36. The van der Waals surface area contributed by atoms with Crippen LogP contribution < -0.4 is 21.5 Å². The number of benzene rings is 2. The normalized spacial score (nSPS) is 16.7. The largest absolute Gasteiger partial charge is 0.487 e. The first-order valence-electron chi connectivity index (χ1n) is 16.0. The topological polar surface area (TPSA) is 173 Å². The van der Waals surface area contributed by atoms with Gasteiger partial charge in [-0.3, -0.25) is 14.6 Å². The highest BCUT2D eigenvalue weighted by Gasteiger charge is 2.41. The lowest BCUT2D eigenvalue weighted by Gasteiger charge is -2.32. The second-order valence-corrected chi connectivity index (χ2v) is 14.8. The molecule has 1 atom stereocenters. The third-order valence-electron chi connectivity index (χ3n) is 8.81. The van der Waals surface area contributed by atoms with Gasteiger partial charge in [-0.2, -0.15) is 4.31 Å². The number of nitrogens with two attached hydrogens (primary N) is 2. The summed E-state index contributed by atoms with van der Waals surface area (Å²) in [5, 5.41) is 4.09. The van der Waals surface area contributed by atoms with Gasteiger partial charge in [0.1, 0.15) is 28.8 Å². The number of carbonyl (C=O) groups excluding carboxylic acids is 2. The van der Waals surface area contributed by atoms with E-state index in [0.29, 0.717) is 68.7 Å². The number of fused-ring (bicyclic) bond motifs is 1. The number of amides is 2. The number of hydrogen-bond donors (Lipinski definition) is 3. The van der Waals surface area contributed by atoms with Gasteiger partial charge in [-0.15, -0.1) is 24.8 Å². The van der Waals surface area contributed by atoms with E-state index >= 15 is 0 Å². The van der Waals surface area contributed by atoms with Crippen LogP contribution in [-0.2, 0) is 26.2 Å². The van der Waals surface area contributed by atoms with Crippen LogP contribution in [0.2, 0.25) is 10.0 Å². The third kappa shape index (κ3) is 9.83. The van der Waals surface area contributed by atoms with Gasteiger partial charge in [0.05, 0.1) is 5.02 Å². The Morgan fingerprint density at radius 2 is 1.78 bits per heavy atom. The predicted molar refractivity (Wildman–Crippen MR) is 201 cm³/mol. The Bertz CT molecular complexity index is 1800. The fraction of sp³-hybridized carbons (Fsp3) is 0.455. The molecule has 2 aliphatic rings. The van der Waals surface area contributed by atoms with Gasteiger partial charge in [-0.1, -0.05) is 41.4 Å². The summed E-state index contributed by atoms with van der Waals surface area (Å²) in [6.45, 7) is 4.01. The summed E-state index contributed by atoms with van der Waals surface area (Å²) in [5.74, 6) is 0.427. The maximum atomic E-state index is 14.0. The lowest BCUT2D eigenvalue weighted by molar-refractivity contribution is -0.133. The molecule has 17 heteroatoms. The van der Waals surface area contributed by atoms with Gasteiger partial charge in [-0.05, 0) is 69.2 Å². The zero-order valence-electron chi connectivity index (χ0n) is 27.6. The summed E-state index contributed by atoms with van der Waals surface area (Å²) in [6.07, 6.45) is 3.37. The Balaban J connectivity index is 0.00000338. The van der Waals surface area contributed by atoms with Crippen molar-refractivity contribution < 1.29 is 22.7 Å². The zero-order chi connectivity index (χ0) is 34.4. The molecule has 0 spiro atoms. The summed E-state index contributed by atoms with van der Waals surface area (Å²) in [6, 6.07) is 11.4. The standard InChI is InChI=1S/C33H41Cl2N7O5S.2ClH/c1-21-9-10-23-5-2-7-27(31(23)40-21)47-20-24-25(34)11-12-28(30(24)35)48(45,46)42-16-4-6-26(42)32(44)39-19-22-13-17-41(18-14-22)29(43)8-3-15-38-33(36)37;;/h2,5,7,9-12,22,26H,3-4,6,8,13-20H2,1H3,(H,39,44)(H4,36,37,38);2*1H/t26-;;/m0../s1. The molecule has 3 aromatic rings. The minimum absolute atomic E-state index is 0. The number of aliphatic imine (C=N–C) groups is 1. The Morgan fingerprint density at radius 1 is 1.04 bits per heavy atom. The number of sulfonamides is 1. The number of halogens is 4. The van der Waals surface area contributed by atoms with Crippen molar-refractivity contribution in [3.8, 4) is 5.75 Å². The summed E-state index contributed by atoms with van der Waals surface area (Å²) in [4.78, 5) is 36.1. The molecule has 5 N–H and O–H groups in total. The van der Waals surface area contributed by atoms with Crippen molar-refractivity contribution in [3.05, 3.63) is 63.8 Å². The van der Waals surface area contributed by atoms with E-state index in [-0.39, 0.29) is 76.6 Å². The van der Waals surface area contributed by atoms with Crippen LogP contribution in [0.15, 0.2) is 52.4 Å². The summed E-state index contributed by atoms with van der Waals surface area (Å²) < 4.78 is 35.2. The molecule has 50 heavy (non-hydrogen) atoms. The smallest absolute Gasteiger partial charge is 0.245 e. The lowest BCUT2D eigenvalue weighted by atomic mass is 9.96. The minimum atomic E-state index is -4.15. The number of aryl methyl sites for hydroxylation is 1. The molecular weight excluding hydrogens is 748 g/mol. The minimum Gasteiger partial charge on any atom is -0.487 e. The van der Waals surface area contributed by atoms with Gasteiger partial charge in [-0.25, -0.2) is 13.4 Å². The van der Waals surface area contributed by atoms with Crippen molar-refractivity contribution in [2.24, 2.45) is 22.4 Å². The molecule has 12 nitrogen and oxygen atoms in total. The van der Waals surface area contributed by atoms with Crippen molar-refractivity contribution in [2.45, 2.75) is 63.0 Å². The maximum absolute atomic E-state index is 14.0. The van der Waals surface area contributed by atoms with Gasteiger partial charge in [0.15, 0.2) is 5.96 Å². The second kappa shape index (κ2) is 18.4. The van der Waals surface area contributed by atoms with Crippen LogP contribution in [0.4, 0.5) is 0 Å². The van der Waals surface area contributed by atoms with E-state index in [1.54, 1.807) is 6.07 Å². The van der Waals surface area contributed by atoms with E-state index in [9.17, 15) is 18.0 Å². The van der Waals surface area contributed by atoms with Crippen molar-refractivity contribution in [3.63, 3.8) is 0 Å². The molecule has 2 amide bonds.